The Bertz CT molecular complexity index is 979. The summed E-state index contributed by atoms with van der Waals surface area (Å²) in [6.45, 7) is 0. The second-order valence-electron chi connectivity index (χ2n) is 5.52. The largest absolute Gasteiger partial charge is 0.294 e. The number of nitriles is 1. The third-order valence-corrected chi connectivity index (χ3v) is 5.66. The van der Waals surface area contributed by atoms with Crippen LogP contribution in [0.4, 0.5) is 13.2 Å². The molecule has 1 unspecified atom stereocenters. The van der Waals surface area contributed by atoms with Crippen molar-refractivity contribution < 1.29 is 17.4 Å². The summed E-state index contributed by atoms with van der Waals surface area (Å²) < 4.78 is 55.3. The highest BCUT2D eigenvalue weighted by Crippen LogP contribution is 2.35. The molecule has 3 N–H and O–H groups in total. The van der Waals surface area contributed by atoms with E-state index < -0.39 is 38.9 Å². The maximum absolute atomic E-state index is 14.3. The summed E-state index contributed by atoms with van der Waals surface area (Å²) in [4.78, 5) is 3.85. The molecule has 3 rings (SSSR count). The molecule has 2 aromatic rings. The maximum atomic E-state index is 14.3. The van der Waals surface area contributed by atoms with Crippen molar-refractivity contribution in [3.63, 3.8) is 0 Å². The average Bonchev–Trinajstić information content (AvgIpc) is 3.22. The number of fused-ring (bicyclic) bond motifs is 1. The second kappa shape index (κ2) is 6.82. The lowest BCUT2D eigenvalue weighted by Crippen LogP contribution is -2.31. The highest BCUT2D eigenvalue weighted by molar-refractivity contribution is 8.26. The zero-order chi connectivity index (χ0) is 19.1. The van der Waals surface area contributed by atoms with E-state index in [9.17, 15) is 17.4 Å². The van der Waals surface area contributed by atoms with Gasteiger partial charge in [0.05, 0.1) is 17.2 Å². The number of nitrogens with one attached hydrogen (secondary N) is 3. The standard InChI is InChI=1S/C14H11F3N6OS2/c15-8-3-7(26(24)22-14(6-18)1-2-14)5-23-9(8)4-21-13(23)12(20)25-11(19)10(16)17/h3-5,10,19-20,22H,1-2H2. The van der Waals surface area contributed by atoms with E-state index in [-0.39, 0.29) is 28.0 Å². The van der Waals surface area contributed by atoms with Crippen molar-refractivity contribution in [2.75, 3.05) is 0 Å². The van der Waals surface area contributed by atoms with Crippen molar-refractivity contribution in [2.24, 2.45) is 0 Å². The molecule has 1 aliphatic rings. The summed E-state index contributed by atoms with van der Waals surface area (Å²) in [7, 11) is -1.88. The molecule has 2 aromatic heterocycles. The van der Waals surface area contributed by atoms with Gasteiger partial charge in [0, 0.05) is 6.20 Å². The number of nitrogens with zero attached hydrogens (tertiary/aromatic N) is 3. The fraction of sp³-hybridized carbons (Fsp3) is 0.286. The molecule has 0 bridgehead atoms. The number of imidazole rings is 1. The first-order valence-electron chi connectivity index (χ1n) is 7.17. The van der Waals surface area contributed by atoms with Gasteiger partial charge in [-0.1, -0.05) is 0 Å². The van der Waals surface area contributed by atoms with Crippen LogP contribution in [0.25, 0.3) is 5.52 Å². The SMILES string of the molecule is N#CC1(NS(=O)c2cc(F)c3cnc(C(=N)SC(=N)C(F)F)n3c2)CC1. The van der Waals surface area contributed by atoms with Crippen molar-refractivity contribution in [3.8, 4) is 6.07 Å². The summed E-state index contributed by atoms with van der Waals surface area (Å²) in [6, 6.07) is 3.04. The lowest BCUT2D eigenvalue weighted by atomic mass is 10.3. The Balaban J connectivity index is 1.94. The molecule has 136 valence electrons. The third-order valence-electron chi connectivity index (χ3n) is 3.65. The molecule has 0 spiro atoms. The molecule has 0 amide bonds. The minimum Gasteiger partial charge on any atom is -0.294 e. The second-order valence-corrected chi connectivity index (χ2v) is 7.79. The van der Waals surface area contributed by atoms with Gasteiger partial charge in [0.2, 0.25) is 0 Å². The van der Waals surface area contributed by atoms with Crippen LogP contribution in [0.5, 0.6) is 0 Å². The molecule has 1 fully saturated rings. The van der Waals surface area contributed by atoms with Gasteiger partial charge in [-0.25, -0.2) is 27.1 Å². The van der Waals surface area contributed by atoms with E-state index in [4.69, 9.17) is 16.1 Å². The van der Waals surface area contributed by atoms with Crippen LogP contribution in [-0.4, -0.2) is 35.6 Å². The molecular formula is C14H11F3N6OS2. The first-order valence-corrected chi connectivity index (χ1v) is 9.14. The van der Waals surface area contributed by atoms with Crippen molar-refractivity contribution in [1.82, 2.24) is 14.1 Å². The molecule has 7 nitrogen and oxygen atoms in total. The molecule has 2 heterocycles. The van der Waals surface area contributed by atoms with Gasteiger partial charge in [-0.2, -0.15) is 5.26 Å². The molecule has 12 heteroatoms. The van der Waals surface area contributed by atoms with Gasteiger partial charge < -0.3 is 0 Å². The van der Waals surface area contributed by atoms with Crippen molar-refractivity contribution in [3.05, 3.63) is 30.1 Å². The maximum Gasteiger partial charge on any atom is 0.285 e. The zero-order valence-electron chi connectivity index (χ0n) is 12.9. The number of aromatic nitrogens is 2. The molecule has 0 aromatic carbocycles. The van der Waals surface area contributed by atoms with Gasteiger partial charge in [-0.05, 0) is 30.7 Å². The summed E-state index contributed by atoms with van der Waals surface area (Å²) in [5.41, 5.74) is -0.917. The molecular weight excluding hydrogens is 389 g/mol. The lowest BCUT2D eigenvalue weighted by Gasteiger charge is -2.10. The number of rotatable bonds is 5. The van der Waals surface area contributed by atoms with E-state index in [2.05, 4.69) is 9.71 Å². The van der Waals surface area contributed by atoms with E-state index in [0.717, 1.165) is 16.7 Å². The highest BCUT2D eigenvalue weighted by Gasteiger charge is 2.44. The van der Waals surface area contributed by atoms with Gasteiger partial charge in [0.1, 0.15) is 37.9 Å². The predicted molar refractivity (Wildman–Crippen MR) is 90.4 cm³/mol. The number of hydrogen-bond donors (Lipinski definition) is 3. The van der Waals surface area contributed by atoms with Crippen LogP contribution in [0.3, 0.4) is 0 Å². The number of halogens is 3. The Labute approximate surface area is 152 Å². The van der Waals surface area contributed by atoms with Crippen LogP contribution in [0.1, 0.15) is 18.7 Å². The van der Waals surface area contributed by atoms with Crippen LogP contribution in [0, 0.1) is 28.0 Å². The predicted octanol–water partition coefficient (Wildman–Crippen LogP) is 2.44. The Kier molecular flexibility index (Phi) is 4.87. The number of hydrogen-bond acceptors (Lipinski definition) is 6. The van der Waals surface area contributed by atoms with Crippen LogP contribution in [0.15, 0.2) is 23.4 Å². The van der Waals surface area contributed by atoms with Crippen molar-refractivity contribution in [1.29, 1.82) is 16.1 Å². The minimum absolute atomic E-state index is 0.0116. The Morgan fingerprint density at radius 3 is 2.77 bits per heavy atom. The number of alkyl halides is 2. The molecule has 1 saturated carbocycles. The van der Waals surface area contributed by atoms with Crippen molar-refractivity contribution >= 4 is 38.4 Å². The minimum atomic E-state index is -3.03. The Hall–Kier alpha value is -2.23. The number of thioether (sulfide) groups is 1. The van der Waals surface area contributed by atoms with E-state index in [0.29, 0.717) is 12.8 Å². The van der Waals surface area contributed by atoms with Gasteiger partial charge in [-0.15, -0.1) is 0 Å². The normalized spacial score (nSPS) is 16.4. The molecule has 0 radical (unpaired) electrons. The highest BCUT2D eigenvalue weighted by atomic mass is 32.2. The smallest absolute Gasteiger partial charge is 0.285 e. The van der Waals surface area contributed by atoms with E-state index >= 15 is 0 Å². The van der Waals surface area contributed by atoms with E-state index in [1.807, 2.05) is 6.07 Å². The first-order chi connectivity index (χ1) is 12.3. The van der Waals surface area contributed by atoms with E-state index in [1.54, 1.807) is 0 Å². The van der Waals surface area contributed by atoms with Crippen LogP contribution >= 0.6 is 11.8 Å². The van der Waals surface area contributed by atoms with Crippen LogP contribution in [0.2, 0.25) is 0 Å². The summed E-state index contributed by atoms with van der Waals surface area (Å²) >= 11 is 0.200. The summed E-state index contributed by atoms with van der Waals surface area (Å²) in [5, 5.41) is 22.5. The van der Waals surface area contributed by atoms with Gasteiger partial charge in [-0.3, -0.25) is 15.2 Å². The van der Waals surface area contributed by atoms with Gasteiger partial charge >= 0.3 is 0 Å². The quantitative estimate of drug-likeness (QED) is 0.528. The molecule has 1 aliphatic carbocycles. The Morgan fingerprint density at radius 2 is 2.19 bits per heavy atom. The first kappa shape index (κ1) is 18.6. The third kappa shape index (κ3) is 3.50. The molecule has 1 atom stereocenters. The van der Waals surface area contributed by atoms with Crippen LogP contribution in [-0.2, 0) is 11.0 Å². The molecule has 0 saturated heterocycles. The summed E-state index contributed by atoms with van der Waals surface area (Å²) in [5.74, 6) is -0.922. The number of pyridine rings is 1. The lowest BCUT2D eigenvalue weighted by molar-refractivity contribution is 0.228. The zero-order valence-corrected chi connectivity index (χ0v) is 14.6. The summed E-state index contributed by atoms with van der Waals surface area (Å²) in [6.07, 6.45) is 0.416. The monoisotopic (exact) mass is 400 g/mol. The average molecular weight is 400 g/mol. The molecule has 0 aliphatic heterocycles. The van der Waals surface area contributed by atoms with Gasteiger partial charge in [0.25, 0.3) is 6.43 Å². The molecule has 26 heavy (non-hydrogen) atoms. The topological polar surface area (TPSA) is 118 Å². The fourth-order valence-corrected chi connectivity index (χ4v) is 3.78. The Morgan fingerprint density at radius 1 is 1.50 bits per heavy atom. The van der Waals surface area contributed by atoms with Crippen molar-refractivity contribution in [2.45, 2.75) is 29.7 Å². The fourth-order valence-electron chi connectivity index (χ4n) is 2.10. The van der Waals surface area contributed by atoms with Gasteiger partial charge in [0.15, 0.2) is 5.82 Å². The van der Waals surface area contributed by atoms with Crippen LogP contribution < -0.4 is 4.72 Å². The van der Waals surface area contributed by atoms with E-state index in [1.165, 1.54) is 6.20 Å².